The van der Waals surface area contributed by atoms with E-state index in [0.29, 0.717) is 0 Å². The molecule has 0 spiro atoms. The van der Waals surface area contributed by atoms with Gasteiger partial charge in [0.05, 0.1) is 11.9 Å². The smallest absolute Gasteiger partial charge is 0.0638 e. The van der Waals surface area contributed by atoms with Crippen LogP contribution in [0.5, 0.6) is 0 Å². The van der Waals surface area contributed by atoms with E-state index in [2.05, 4.69) is 28.6 Å². The normalized spacial score (nSPS) is 10.4. The van der Waals surface area contributed by atoms with Crippen molar-refractivity contribution < 1.29 is 0 Å². The number of halogens is 1. The van der Waals surface area contributed by atoms with Crippen LogP contribution in [0.25, 0.3) is 0 Å². The molecule has 2 aromatic heterocycles. The van der Waals surface area contributed by atoms with E-state index in [1.54, 1.807) is 0 Å². The van der Waals surface area contributed by atoms with Crippen LogP contribution in [0.1, 0.15) is 23.7 Å². The van der Waals surface area contributed by atoms with Gasteiger partial charge in [-0.2, -0.15) is 10.2 Å². The summed E-state index contributed by atoms with van der Waals surface area (Å²) in [5.41, 5.74) is 3.56. The van der Waals surface area contributed by atoms with E-state index in [4.69, 9.17) is 0 Å². The third kappa shape index (κ3) is 3.58. The number of aryl methyl sites for hydroxylation is 3. The average molecular weight is 270 g/mol. The molecule has 0 aromatic carbocycles. The van der Waals surface area contributed by atoms with Crippen molar-refractivity contribution in [1.82, 2.24) is 24.9 Å². The molecule has 0 radical (unpaired) electrons. The first-order valence-electron chi connectivity index (χ1n) is 5.90. The molecule has 0 fully saturated rings. The lowest BCUT2D eigenvalue weighted by molar-refractivity contribution is 0.651. The molecular weight excluding hydrogens is 250 g/mol. The number of aromatic nitrogens is 4. The molecule has 0 unspecified atom stereocenters. The fourth-order valence-corrected chi connectivity index (χ4v) is 1.80. The van der Waals surface area contributed by atoms with Crippen LogP contribution in [0.15, 0.2) is 18.6 Å². The van der Waals surface area contributed by atoms with E-state index in [1.807, 2.05) is 35.7 Å². The first-order valence-corrected chi connectivity index (χ1v) is 5.90. The zero-order valence-electron chi connectivity index (χ0n) is 11.1. The van der Waals surface area contributed by atoms with Gasteiger partial charge in [0, 0.05) is 50.2 Å². The summed E-state index contributed by atoms with van der Waals surface area (Å²) in [5.74, 6) is 0. The van der Waals surface area contributed by atoms with Crippen molar-refractivity contribution in [2.75, 3.05) is 0 Å². The van der Waals surface area contributed by atoms with Crippen LogP contribution in [-0.4, -0.2) is 19.6 Å². The minimum atomic E-state index is 0. The Morgan fingerprint density at radius 3 is 2.61 bits per heavy atom. The Balaban J connectivity index is 0.00000162. The fraction of sp³-hybridized carbons (Fsp3) is 0.500. The third-order valence-electron chi connectivity index (χ3n) is 2.77. The molecule has 6 heteroatoms. The van der Waals surface area contributed by atoms with Crippen LogP contribution in [0, 0.1) is 6.92 Å². The second kappa shape index (κ2) is 6.56. The topological polar surface area (TPSA) is 47.7 Å². The molecule has 0 aliphatic heterocycles. The Hall–Kier alpha value is -1.33. The van der Waals surface area contributed by atoms with Crippen molar-refractivity contribution in [2.45, 2.75) is 33.5 Å². The summed E-state index contributed by atoms with van der Waals surface area (Å²) in [6.45, 7) is 6.75. The van der Waals surface area contributed by atoms with Crippen molar-refractivity contribution in [3.63, 3.8) is 0 Å². The van der Waals surface area contributed by atoms with E-state index >= 15 is 0 Å². The van der Waals surface area contributed by atoms with Crippen LogP contribution >= 0.6 is 12.4 Å². The number of nitrogens with one attached hydrogen (secondary N) is 1. The second-order valence-electron chi connectivity index (χ2n) is 4.22. The van der Waals surface area contributed by atoms with Crippen LogP contribution in [0.2, 0.25) is 0 Å². The number of hydrogen-bond acceptors (Lipinski definition) is 3. The highest BCUT2D eigenvalue weighted by atomic mass is 35.5. The van der Waals surface area contributed by atoms with Gasteiger partial charge in [0.2, 0.25) is 0 Å². The number of nitrogens with zero attached hydrogens (tertiary/aromatic N) is 4. The van der Waals surface area contributed by atoms with Gasteiger partial charge in [-0.15, -0.1) is 12.4 Å². The van der Waals surface area contributed by atoms with E-state index in [0.717, 1.165) is 25.3 Å². The Kier molecular flexibility index (Phi) is 5.37. The molecule has 100 valence electrons. The summed E-state index contributed by atoms with van der Waals surface area (Å²) in [5, 5.41) is 12.0. The number of rotatable bonds is 5. The largest absolute Gasteiger partial charge is 0.308 e. The summed E-state index contributed by atoms with van der Waals surface area (Å²) in [7, 11) is 1.93. The molecule has 1 N–H and O–H groups in total. The van der Waals surface area contributed by atoms with Crippen molar-refractivity contribution in [3.8, 4) is 0 Å². The Morgan fingerprint density at radius 1 is 1.28 bits per heavy atom. The molecule has 0 aliphatic carbocycles. The zero-order chi connectivity index (χ0) is 12.3. The molecule has 5 nitrogen and oxygen atoms in total. The van der Waals surface area contributed by atoms with Crippen molar-refractivity contribution in [1.29, 1.82) is 0 Å². The van der Waals surface area contributed by atoms with Gasteiger partial charge in [-0.25, -0.2) is 0 Å². The van der Waals surface area contributed by atoms with Crippen molar-refractivity contribution >= 4 is 12.4 Å². The predicted molar refractivity (Wildman–Crippen MR) is 73.6 cm³/mol. The molecule has 2 heterocycles. The maximum absolute atomic E-state index is 4.42. The third-order valence-corrected chi connectivity index (χ3v) is 2.77. The molecule has 18 heavy (non-hydrogen) atoms. The van der Waals surface area contributed by atoms with Gasteiger partial charge >= 0.3 is 0 Å². The van der Waals surface area contributed by atoms with Crippen LogP contribution in [-0.2, 0) is 26.7 Å². The monoisotopic (exact) mass is 269 g/mol. The van der Waals surface area contributed by atoms with Crippen LogP contribution < -0.4 is 5.32 Å². The first kappa shape index (κ1) is 14.7. The van der Waals surface area contributed by atoms with Gasteiger partial charge < -0.3 is 5.32 Å². The number of hydrogen-bond donors (Lipinski definition) is 1. The lowest BCUT2D eigenvalue weighted by Crippen LogP contribution is -2.12. The molecular formula is C12H20ClN5. The maximum Gasteiger partial charge on any atom is 0.0638 e. The van der Waals surface area contributed by atoms with Crippen LogP contribution in [0.4, 0.5) is 0 Å². The zero-order valence-corrected chi connectivity index (χ0v) is 11.9. The molecule has 0 saturated heterocycles. The molecule has 0 bridgehead atoms. The molecule has 0 saturated carbocycles. The minimum Gasteiger partial charge on any atom is -0.308 e. The molecule has 2 rings (SSSR count). The summed E-state index contributed by atoms with van der Waals surface area (Å²) in [6, 6.07) is 0. The SMILES string of the molecule is CCn1cc(CNCc2cnn(C)c2)c(C)n1.Cl. The average Bonchev–Trinajstić information content (AvgIpc) is 2.86. The first-order chi connectivity index (χ1) is 8.19. The quantitative estimate of drug-likeness (QED) is 0.898. The van der Waals surface area contributed by atoms with Gasteiger partial charge in [0.25, 0.3) is 0 Å². The molecule has 2 aromatic rings. The van der Waals surface area contributed by atoms with E-state index in [9.17, 15) is 0 Å². The fourth-order valence-electron chi connectivity index (χ4n) is 1.80. The Morgan fingerprint density at radius 2 is 2.06 bits per heavy atom. The van der Waals surface area contributed by atoms with Gasteiger partial charge in [-0.05, 0) is 13.8 Å². The lowest BCUT2D eigenvalue weighted by atomic mass is 10.2. The minimum absolute atomic E-state index is 0. The molecule has 0 amide bonds. The summed E-state index contributed by atoms with van der Waals surface area (Å²) in [6.07, 6.45) is 6.01. The highest BCUT2D eigenvalue weighted by molar-refractivity contribution is 5.85. The molecule has 0 atom stereocenters. The summed E-state index contributed by atoms with van der Waals surface area (Å²) >= 11 is 0. The van der Waals surface area contributed by atoms with Crippen LogP contribution in [0.3, 0.4) is 0 Å². The second-order valence-corrected chi connectivity index (χ2v) is 4.22. The highest BCUT2D eigenvalue weighted by Crippen LogP contribution is 2.05. The maximum atomic E-state index is 4.42. The lowest BCUT2D eigenvalue weighted by Gasteiger charge is -2.01. The Bertz CT molecular complexity index is 488. The highest BCUT2D eigenvalue weighted by Gasteiger charge is 2.03. The Labute approximate surface area is 114 Å². The van der Waals surface area contributed by atoms with E-state index in [-0.39, 0.29) is 12.4 Å². The van der Waals surface area contributed by atoms with Gasteiger partial charge in [-0.3, -0.25) is 9.36 Å². The van der Waals surface area contributed by atoms with Gasteiger partial charge in [-0.1, -0.05) is 0 Å². The van der Waals surface area contributed by atoms with E-state index in [1.165, 1.54) is 11.1 Å². The molecule has 0 aliphatic rings. The van der Waals surface area contributed by atoms with Crippen molar-refractivity contribution in [2.24, 2.45) is 7.05 Å². The van der Waals surface area contributed by atoms with E-state index < -0.39 is 0 Å². The summed E-state index contributed by atoms with van der Waals surface area (Å²) in [4.78, 5) is 0. The van der Waals surface area contributed by atoms with Gasteiger partial charge in [0.15, 0.2) is 0 Å². The standard InChI is InChI=1S/C12H19N5.ClH/c1-4-17-9-12(10(2)15-17)7-13-5-11-6-14-16(3)8-11;/h6,8-9,13H,4-5,7H2,1-3H3;1H. The van der Waals surface area contributed by atoms with Gasteiger partial charge in [0.1, 0.15) is 0 Å². The predicted octanol–water partition coefficient (Wildman–Crippen LogP) is 1.66. The van der Waals surface area contributed by atoms with Crippen molar-refractivity contribution in [3.05, 3.63) is 35.4 Å². The summed E-state index contributed by atoms with van der Waals surface area (Å²) < 4.78 is 3.79.